The summed E-state index contributed by atoms with van der Waals surface area (Å²) in [5.74, 6) is -0.661. The molecule has 0 bridgehead atoms. The van der Waals surface area contributed by atoms with Gasteiger partial charge in [0.05, 0.1) is 5.60 Å². The van der Waals surface area contributed by atoms with E-state index in [4.69, 9.17) is 23.2 Å². The zero-order valence-electron chi connectivity index (χ0n) is 8.54. The van der Waals surface area contributed by atoms with Gasteiger partial charge in [-0.1, -0.05) is 11.6 Å². The van der Waals surface area contributed by atoms with Crippen LogP contribution in [0.25, 0.3) is 0 Å². The molecule has 2 rings (SSSR count). The molecule has 0 saturated carbocycles. The van der Waals surface area contributed by atoms with E-state index in [1.54, 1.807) is 11.8 Å². The maximum atomic E-state index is 13.6. The third-order valence-electron chi connectivity index (χ3n) is 2.52. The van der Waals surface area contributed by atoms with Gasteiger partial charge in [-0.05, 0) is 24.9 Å². The Morgan fingerprint density at radius 2 is 2.12 bits per heavy atom. The first kappa shape index (κ1) is 11.8. The van der Waals surface area contributed by atoms with Gasteiger partial charge in [0.15, 0.2) is 11.0 Å². The van der Waals surface area contributed by atoms with E-state index in [2.05, 4.69) is 9.97 Å². The van der Waals surface area contributed by atoms with Gasteiger partial charge < -0.3 is 10.0 Å². The SMILES string of the molecule is CC1(O)CCN(c2nc(Cl)nc(Cl)c2F)C1. The van der Waals surface area contributed by atoms with Crippen LogP contribution in [0.5, 0.6) is 0 Å². The Hall–Kier alpha value is -0.650. The van der Waals surface area contributed by atoms with Crippen molar-refractivity contribution >= 4 is 29.0 Å². The Labute approximate surface area is 102 Å². The number of hydrogen-bond donors (Lipinski definition) is 1. The molecule has 0 spiro atoms. The van der Waals surface area contributed by atoms with Crippen molar-refractivity contribution in [1.82, 2.24) is 9.97 Å². The summed E-state index contributed by atoms with van der Waals surface area (Å²) >= 11 is 11.2. The van der Waals surface area contributed by atoms with Crippen LogP contribution in [-0.4, -0.2) is 33.8 Å². The van der Waals surface area contributed by atoms with E-state index in [9.17, 15) is 9.50 Å². The minimum Gasteiger partial charge on any atom is -0.388 e. The maximum Gasteiger partial charge on any atom is 0.225 e. The summed E-state index contributed by atoms with van der Waals surface area (Å²) in [7, 11) is 0. The van der Waals surface area contributed by atoms with Crippen molar-refractivity contribution in [3.63, 3.8) is 0 Å². The summed E-state index contributed by atoms with van der Waals surface area (Å²) in [6.45, 7) is 2.50. The number of β-amino-alcohol motifs (C(OH)–C–C–N with tert-alkyl or cyclic N) is 1. The number of aromatic nitrogens is 2. The molecule has 1 atom stereocenters. The van der Waals surface area contributed by atoms with Crippen molar-refractivity contribution in [3.05, 3.63) is 16.3 Å². The Morgan fingerprint density at radius 1 is 1.44 bits per heavy atom. The molecule has 2 heterocycles. The quantitative estimate of drug-likeness (QED) is 0.623. The van der Waals surface area contributed by atoms with E-state index in [0.717, 1.165) is 0 Å². The highest BCUT2D eigenvalue weighted by molar-refractivity contribution is 6.32. The Morgan fingerprint density at radius 3 is 2.69 bits per heavy atom. The van der Waals surface area contributed by atoms with Gasteiger partial charge in [-0.15, -0.1) is 0 Å². The molecule has 0 aromatic carbocycles. The number of aliphatic hydroxyl groups is 1. The van der Waals surface area contributed by atoms with Crippen LogP contribution in [0, 0.1) is 5.82 Å². The minimum absolute atomic E-state index is 0.0442. The highest BCUT2D eigenvalue weighted by Gasteiger charge is 2.34. The summed E-state index contributed by atoms with van der Waals surface area (Å²) in [5.41, 5.74) is -0.837. The fraction of sp³-hybridized carbons (Fsp3) is 0.556. The number of hydrogen-bond acceptors (Lipinski definition) is 4. The molecule has 0 amide bonds. The van der Waals surface area contributed by atoms with Crippen LogP contribution in [0.15, 0.2) is 0 Å². The second kappa shape index (κ2) is 3.98. The number of nitrogens with zero attached hydrogens (tertiary/aromatic N) is 3. The molecule has 1 fully saturated rings. The fourth-order valence-corrected chi connectivity index (χ4v) is 2.09. The minimum atomic E-state index is -0.837. The first-order chi connectivity index (χ1) is 7.39. The molecular weight excluding hydrogens is 256 g/mol. The molecule has 1 unspecified atom stereocenters. The van der Waals surface area contributed by atoms with E-state index < -0.39 is 11.4 Å². The lowest BCUT2D eigenvalue weighted by Crippen LogP contribution is -2.30. The van der Waals surface area contributed by atoms with Crippen LogP contribution in [0.2, 0.25) is 10.4 Å². The van der Waals surface area contributed by atoms with E-state index in [-0.39, 0.29) is 16.3 Å². The third-order valence-corrected chi connectivity index (χ3v) is 2.94. The van der Waals surface area contributed by atoms with Crippen LogP contribution in [-0.2, 0) is 0 Å². The first-order valence-corrected chi connectivity index (χ1v) is 5.50. The zero-order chi connectivity index (χ0) is 11.9. The van der Waals surface area contributed by atoms with Gasteiger partial charge in [0, 0.05) is 13.1 Å². The summed E-state index contributed by atoms with van der Waals surface area (Å²) in [5, 5.41) is 9.37. The van der Waals surface area contributed by atoms with Crippen LogP contribution >= 0.6 is 23.2 Å². The molecule has 7 heteroatoms. The molecule has 16 heavy (non-hydrogen) atoms. The lowest BCUT2D eigenvalue weighted by Gasteiger charge is -2.20. The summed E-state index contributed by atoms with van der Waals surface area (Å²) in [4.78, 5) is 8.89. The van der Waals surface area contributed by atoms with Crippen LogP contribution in [0.1, 0.15) is 13.3 Å². The lowest BCUT2D eigenvalue weighted by atomic mass is 10.1. The fourth-order valence-electron chi connectivity index (χ4n) is 1.72. The van der Waals surface area contributed by atoms with Gasteiger partial charge in [0.1, 0.15) is 0 Å². The zero-order valence-corrected chi connectivity index (χ0v) is 10.1. The van der Waals surface area contributed by atoms with E-state index in [1.807, 2.05) is 0 Å². The van der Waals surface area contributed by atoms with Gasteiger partial charge in [-0.25, -0.2) is 4.98 Å². The molecule has 1 saturated heterocycles. The molecule has 1 aliphatic heterocycles. The topological polar surface area (TPSA) is 49.2 Å². The van der Waals surface area contributed by atoms with Crippen LogP contribution in [0.4, 0.5) is 10.2 Å². The standard InChI is InChI=1S/C9H10Cl2FN3O/c1-9(16)2-3-15(4-9)7-5(12)6(10)13-8(11)14-7/h16H,2-4H2,1H3. The van der Waals surface area contributed by atoms with Crippen LogP contribution in [0.3, 0.4) is 0 Å². The molecule has 4 nitrogen and oxygen atoms in total. The highest BCUT2D eigenvalue weighted by atomic mass is 35.5. The average molecular weight is 266 g/mol. The van der Waals surface area contributed by atoms with Gasteiger partial charge >= 0.3 is 0 Å². The molecular formula is C9H10Cl2FN3O. The summed E-state index contributed by atoms with van der Waals surface area (Å²) in [6, 6.07) is 0. The lowest BCUT2D eigenvalue weighted by molar-refractivity contribution is 0.0838. The van der Waals surface area contributed by atoms with E-state index >= 15 is 0 Å². The molecule has 88 valence electrons. The van der Waals surface area contributed by atoms with Crippen molar-refractivity contribution in [3.8, 4) is 0 Å². The molecule has 1 aliphatic rings. The van der Waals surface area contributed by atoms with E-state index in [0.29, 0.717) is 19.5 Å². The van der Waals surface area contributed by atoms with Crippen molar-refractivity contribution in [2.24, 2.45) is 0 Å². The smallest absolute Gasteiger partial charge is 0.225 e. The van der Waals surface area contributed by atoms with Crippen molar-refractivity contribution in [1.29, 1.82) is 0 Å². The number of rotatable bonds is 1. The van der Waals surface area contributed by atoms with Crippen LogP contribution < -0.4 is 4.90 Å². The highest BCUT2D eigenvalue weighted by Crippen LogP contribution is 2.29. The summed E-state index contributed by atoms with van der Waals surface area (Å²) in [6.07, 6.45) is 0.547. The third kappa shape index (κ3) is 2.21. The number of halogens is 3. The van der Waals surface area contributed by atoms with Crippen molar-refractivity contribution < 1.29 is 9.50 Å². The predicted molar refractivity (Wildman–Crippen MR) is 59.5 cm³/mol. The molecule has 1 aromatic heterocycles. The van der Waals surface area contributed by atoms with Gasteiger partial charge in [-0.3, -0.25) is 0 Å². The normalized spacial score (nSPS) is 25.2. The van der Waals surface area contributed by atoms with Gasteiger partial charge in [0.2, 0.25) is 11.1 Å². The Bertz CT molecular complexity index is 427. The average Bonchev–Trinajstić information content (AvgIpc) is 2.52. The second-order valence-corrected chi connectivity index (χ2v) is 4.79. The van der Waals surface area contributed by atoms with E-state index in [1.165, 1.54) is 0 Å². The van der Waals surface area contributed by atoms with Crippen molar-refractivity contribution in [2.75, 3.05) is 18.0 Å². The molecule has 1 aromatic rings. The first-order valence-electron chi connectivity index (χ1n) is 4.75. The molecule has 0 radical (unpaired) electrons. The molecule has 0 aliphatic carbocycles. The maximum absolute atomic E-state index is 13.6. The van der Waals surface area contributed by atoms with Gasteiger partial charge in [-0.2, -0.15) is 9.37 Å². The summed E-state index contributed by atoms with van der Waals surface area (Å²) < 4.78 is 13.6. The van der Waals surface area contributed by atoms with Crippen molar-refractivity contribution in [2.45, 2.75) is 18.9 Å². The monoisotopic (exact) mass is 265 g/mol. The Kier molecular flexibility index (Phi) is 2.94. The number of anilines is 1. The van der Waals surface area contributed by atoms with Gasteiger partial charge in [0.25, 0.3) is 0 Å². The second-order valence-electron chi connectivity index (χ2n) is 4.09. The predicted octanol–water partition coefficient (Wildman–Crippen LogP) is 1.88. The Balaban J connectivity index is 2.35. The molecule has 1 N–H and O–H groups in total. The largest absolute Gasteiger partial charge is 0.388 e.